The maximum atomic E-state index is 12.4. The van der Waals surface area contributed by atoms with Crippen LogP contribution in [0.15, 0.2) is 0 Å². The van der Waals surface area contributed by atoms with Crippen molar-refractivity contribution in [2.24, 2.45) is 0 Å². The van der Waals surface area contributed by atoms with Gasteiger partial charge in [-0.15, -0.1) is 0 Å². The Kier molecular flexibility index (Phi) is 5.49. The maximum absolute atomic E-state index is 12.4. The molecule has 0 rings (SSSR count). The van der Waals surface area contributed by atoms with E-state index in [9.17, 15) is 22.8 Å². The molecule has 0 spiro atoms. The maximum Gasteiger partial charge on any atom is 0.450 e. The second-order valence-corrected chi connectivity index (χ2v) is 7.20. The molecule has 17 heavy (non-hydrogen) atoms. The van der Waals surface area contributed by atoms with E-state index in [-0.39, 0.29) is 6.04 Å². The van der Waals surface area contributed by atoms with Gasteiger partial charge in [0.05, 0.1) is 0 Å². The molecule has 1 atom stereocenters. The number of carbonyl (C=O) groups is 2. The Morgan fingerprint density at radius 1 is 1.24 bits per heavy atom. The predicted octanol–water partition coefficient (Wildman–Crippen LogP) is 1.83. The van der Waals surface area contributed by atoms with Crippen molar-refractivity contribution < 1.29 is 31.6 Å². The first-order valence-corrected chi connectivity index (χ1v) is 6.98. The van der Waals surface area contributed by atoms with E-state index in [0.717, 1.165) is 21.1 Å². The average molecular weight is 272 g/mol. The second-order valence-electron chi connectivity index (χ2n) is 3.48. The SMILES string of the molecule is CC[Si](OC)(OC)C(C(C)=O)C(=O)C(F)(F)F. The van der Waals surface area contributed by atoms with Gasteiger partial charge < -0.3 is 8.85 Å². The largest absolute Gasteiger partial charge is 0.450 e. The quantitative estimate of drug-likeness (QED) is 0.547. The first kappa shape index (κ1) is 16.3. The average Bonchev–Trinajstić information content (AvgIpc) is 2.23. The summed E-state index contributed by atoms with van der Waals surface area (Å²) in [6.07, 6.45) is -5.07. The molecular weight excluding hydrogens is 257 g/mol. The van der Waals surface area contributed by atoms with Crippen molar-refractivity contribution in [2.45, 2.75) is 31.6 Å². The minimum atomic E-state index is -5.07. The van der Waals surface area contributed by atoms with Gasteiger partial charge in [-0.05, 0) is 13.0 Å². The van der Waals surface area contributed by atoms with Crippen molar-refractivity contribution >= 4 is 20.1 Å². The minimum Gasteiger partial charge on any atom is -0.397 e. The first-order valence-electron chi connectivity index (χ1n) is 4.88. The number of hydrogen-bond acceptors (Lipinski definition) is 4. The molecule has 4 nitrogen and oxygen atoms in total. The van der Waals surface area contributed by atoms with Crippen molar-refractivity contribution in [1.29, 1.82) is 0 Å². The Morgan fingerprint density at radius 2 is 1.65 bits per heavy atom. The second kappa shape index (κ2) is 5.74. The van der Waals surface area contributed by atoms with Crippen LogP contribution in [0.4, 0.5) is 13.2 Å². The molecule has 0 aliphatic heterocycles. The smallest absolute Gasteiger partial charge is 0.397 e. The Hall–Kier alpha value is -0.733. The van der Waals surface area contributed by atoms with Crippen LogP contribution in [0.2, 0.25) is 11.6 Å². The summed E-state index contributed by atoms with van der Waals surface area (Å²) in [7, 11) is -1.20. The minimum absolute atomic E-state index is 0.0755. The van der Waals surface area contributed by atoms with Crippen LogP contribution >= 0.6 is 0 Å². The highest BCUT2D eigenvalue weighted by atomic mass is 28.4. The lowest BCUT2D eigenvalue weighted by Gasteiger charge is -2.32. The fourth-order valence-electron chi connectivity index (χ4n) is 1.67. The standard InChI is InChI=1S/C9H15F3O4Si/c1-5-17(15-3,16-4)7(6(2)13)8(14)9(10,11)12/h7H,5H2,1-4H3. The van der Waals surface area contributed by atoms with Crippen LogP contribution in [-0.2, 0) is 18.4 Å². The molecule has 8 heteroatoms. The van der Waals surface area contributed by atoms with E-state index in [1.165, 1.54) is 6.92 Å². The number of rotatable bonds is 6. The summed E-state index contributed by atoms with van der Waals surface area (Å²) in [5.74, 6) is -2.98. The summed E-state index contributed by atoms with van der Waals surface area (Å²) < 4.78 is 47.1. The van der Waals surface area contributed by atoms with Crippen LogP contribution in [0.5, 0.6) is 0 Å². The number of ketones is 2. The summed E-state index contributed by atoms with van der Waals surface area (Å²) in [6.45, 7) is 2.46. The third-order valence-corrected chi connectivity index (χ3v) is 6.49. The molecule has 0 amide bonds. The van der Waals surface area contributed by atoms with Crippen LogP contribution in [-0.4, -0.2) is 40.5 Å². The molecule has 0 radical (unpaired) electrons. The summed E-state index contributed by atoms with van der Waals surface area (Å²) in [6, 6.07) is 0.0755. The Morgan fingerprint density at radius 3 is 1.82 bits per heavy atom. The number of hydrogen-bond donors (Lipinski definition) is 0. The van der Waals surface area contributed by atoms with Crippen molar-refractivity contribution in [2.75, 3.05) is 14.2 Å². The van der Waals surface area contributed by atoms with Crippen LogP contribution < -0.4 is 0 Å². The molecule has 0 saturated carbocycles. The molecule has 1 unspecified atom stereocenters. The molecule has 0 bridgehead atoms. The van der Waals surface area contributed by atoms with Gasteiger partial charge in [-0.2, -0.15) is 13.2 Å². The Balaban J connectivity index is 5.51. The molecule has 0 fully saturated rings. The predicted molar refractivity (Wildman–Crippen MR) is 55.7 cm³/mol. The van der Waals surface area contributed by atoms with Gasteiger partial charge in [0.1, 0.15) is 11.3 Å². The van der Waals surface area contributed by atoms with Crippen molar-refractivity contribution in [1.82, 2.24) is 0 Å². The highest BCUT2D eigenvalue weighted by molar-refractivity contribution is 6.76. The molecule has 0 saturated heterocycles. The molecule has 0 aromatic carbocycles. The molecule has 0 heterocycles. The normalized spacial score (nSPS) is 14.5. The van der Waals surface area contributed by atoms with Gasteiger partial charge in [-0.3, -0.25) is 9.59 Å². The lowest BCUT2D eigenvalue weighted by molar-refractivity contribution is -0.172. The van der Waals surface area contributed by atoms with E-state index in [0.29, 0.717) is 0 Å². The van der Waals surface area contributed by atoms with Crippen LogP contribution in [0.25, 0.3) is 0 Å². The zero-order chi connectivity index (χ0) is 13.9. The topological polar surface area (TPSA) is 52.6 Å². The van der Waals surface area contributed by atoms with Gasteiger partial charge in [0.25, 0.3) is 0 Å². The van der Waals surface area contributed by atoms with Crippen LogP contribution in [0.1, 0.15) is 13.8 Å². The van der Waals surface area contributed by atoms with E-state index in [1.54, 1.807) is 0 Å². The highest BCUT2D eigenvalue weighted by Crippen LogP contribution is 2.35. The fraction of sp³-hybridized carbons (Fsp3) is 0.778. The van der Waals surface area contributed by atoms with Gasteiger partial charge in [-0.25, -0.2) is 0 Å². The molecule has 0 aromatic rings. The Labute approximate surface area is 98.3 Å². The Bertz CT molecular complexity index is 291. The third kappa shape index (κ3) is 3.36. The van der Waals surface area contributed by atoms with Gasteiger partial charge in [0.15, 0.2) is 0 Å². The number of carbonyl (C=O) groups excluding carboxylic acids is 2. The lowest BCUT2D eigenvalue weighted by Crippen LogP contribution is -2.53. The molecule has 0 aliphatic rings. The highest BCUT2D eigenvalue weighted by Gasteiger charge is 2.57. The molecule has 0 aromatic heterocycles. The zero-order valence-electron chi connectivity index (χ0n) is 10.1. The van der Waals surface area contributed by atoms with Crippen molar-refractivity contribution in [3.63, 3.8) is 0 Å². The van der Waals surface area contributed by atoms with Gasteiger partial charge >= 0.3 is 14.7 Å². The first-order chi connectivity index (χ1) is 7.66. The van der Waals surface area contributed by atoms with Gasteiger partial charge in [-0.1, -0.05) is 6.92 Å². The molecule has 100 valence electrons. The van der Waals surface area contributed by atoms with Crippen molar-refractivity contribution in [3.05, 3.63) is 0 Å². The zero-order valence-corrected chi connectivity index (χ0v) is 11.1. The van der Waals surface area contributed by atoms with Crippen LogP contribution in [0, 0.1) is 0 Å². The number of alkyl halides is 3. The summed E-state index contributed by atoms with van der Waals surface area (Å²) in [5.41, 5.74) is -1.87. The van der Waals surface area contributed by atoms with E-state index >= 15 is 0 Å². The lowest BCUT2D eigenvalue weighted by atomic mass is 10.2. The fourth-order valence-corrected chi connectivity index (χ4v) is 4.48. The monoisotopic (exact) mass is 272 g/mol. The van der Waals surface area contributed by atoms with Crippen LogP contribution in [0.3, 0.4) is 0 Å². The molecular formula is C9H15F3O4Si. The summed E-state index contributed by atoms with van der Waals surface area (Å²) in [5, 5.41) is 0. The number of Topliss-reactive ketones (excluding diaryl/α,β-unsaturated/α-hetero) is 2. The van der Waals surface area contributed by atoms with Crippen molar-refractivity contribution in [3.8, 4) is 0 Å². The van der Waals surface area contributed by atoms with Gasteiger partial charge in [0.2, 0.25) is 5.78 Å². The number of halogens is 3. The van der Waals surface area contributed by atoms with E-state index in [1.807, 2.05) is 0 Å². The molecule has 0 aliphatic carbocycles. The summed E-state index contributed by atoms with van der Waals surface area (Å²) in [4.78, 5) is 22.6. The summed E-state index contributed by atoms with van der Waals surface area (Å²) >= 11 is 0. The molecule has 0 N–H and O–H groups in total. The van der Waals surface area contributed by atoms with E-state index in [4.69, 9.17) is 8.85 Å². The van der Waals surface area contributed by atoms with Gasteiger partial charge in [0, 0.05) is 14.2 Å². The van der Waals surface area contributed by atoms with E-state index < -0.39 is 31.8 Å². The van der Waals surface area contributed by atoms with E-state index in [2.05, 4.69) is 0 Å². The third-order valence-electron chi connectivity index (χ3n) is 2.57.